The number of ether oxygens (including phenoxy) is 1. The molecular formula is C15H21N3O3. The number of nitrogens with one attached hydrogen (secondary N) is 1. The monoisotopic (exact) mass is 291 g/mol. The molecule has 0 bridgehead atoms. The number of hydrogen-bond donors (Lipinski definition) is 2. The van der Waals surface area contributed by atoms with Crippen molar-refractivity contribution in [3.8, 4) is 5.75 Å². The van der Waals surface area contributed by atoms with Crippen molar-refractivity contribution in [1.29, 1.82) is 0 Å². The first-order chi connectivity index (χ1) is 10.2. The third-order valence-corrected chi connectivity index (χ3v) is 3.67. The molecular weight excluding hydrogens is 270 g/mol. The van der Waals surface area contributed by atoms with E-state index in [9.17, 15) is 9.59 Å². The molecule has 1 heterocycles. The molecule has 6 nitrogen and oxygen atoms in total. The van der Waals surface area contributed by atoms with Crippen molar-refractivity contribution >= 4 is 11.8 Å². The predicted molar refractivity (Wildman–Crippen MR) is 78.6 cm³/mol. The van der Waals surface area contributed by atoms with Gasteiger partial charge in [-0.05, 0) is 18.9 Å². The lowest BCUT2D eigenvalue weighted by molar-refractivity contribution is -0.139. The van der Waals surface area contributed by atoms with E-state index in [-0.39, 0.29) is 24.5 Å². The average Bonchev–Trinajstić information content (AvgIpc) is 3.01. The quantitative estimate of drug-likeness (QED) is 0.815. The molecule has 21 heavy (non-hydrogen) atoms. The number of likely N-dealkylation sites (N-methyl/N-ethyl adjacent to an activating group) is 1. The number of nitrogens with two attached hydrogens (primary N) is 1. The molecule has 1 aromatic carbocycles. The zero-order valence-corrected chi connectivity index (χ0v) is 12.2. The predicted octanol–water partition coefficient (Wildman–Crippen LogP) is 0.261. The van der Waals surface area contributed by atoms with E-state index in [1.54, 1.807) is 18.0 Å². The molecule has 1 fully saturated rings. The van der Waals surface area contributed by atoms with E-state index in [1.807, 2.05) is 18.2 Å². The first-order valence-electron chi connectivity index (χ1n) is 7.09. The van der Waals surface area contributed by atoms with Crippen LogP contribution in [-0.2, 0) is 16.1 Å². The fourth-order valence-electron chi connectivity index (χ4n) is 2.54. The zero-order chi connectivity index (χ0) is 15.2. The Morgan fingerprint density at radius 3 is 2.90 bits per heavy atom. The van der Waals surface area contributed by atoms with Gasteiger partial charge in [-0.3, -0.25) is 9.59 Å². The van der Waals surface area contributed by atoms with E-state index < -0.39 is 0 Å². The van der Waals surface area contributed by atoms with Crippen molar-refractivity contribution in [3.05, 3.63) is 29.8 Å². The Balaban J connectivity index is 1.97. The van der Waals surface area contributed by atoms with Crippen molar-refractivity contribution in [3.63, 3.8) is 0 Å². The van der Waals surface area contributed by atoms with Crippen LogP contribution in [0.4, 0.5) is 0 Å². The Hall–Kier alpha value is -2.08. The third-order valence-electron chi connectivity index (χ3n) is 3.67. The Bertz CT molecular complexity index is 519. The molecule has 3 N–H and O–H groups in total. The minimum absolute atomic E-state index is 0.0789. The Labute approximate surface area is 124 Å². The fourth-order valence-corrected chi connectivity index (χ4v) is 2.54. The highest BCUT2D eigenvalue weighted by Crippen LogP contribution is 2.20. The second-order valence-corrected chi connectivity index (χ2v) is 4.96. The van der Waals surface area contributed by atoms with Gasteiger partial charge >= 0.3 is 0 Å². The molecule has 0 aliphatic carbocycles. The normalized spacial score (nSPS) is 17.6. The maximum absolute atomic E-state index is 12.2. The molecule has 114 valence electrons. The molecule has 6 heteroatoms. The van der Waals surface area contributed by atoms with Crippen LogP contribution in [0.5, 0.6) is 5.75 Å². The molecule has 1 unspecified atom stereocenters. The molecule has 2 rings (SSSR count). The number of carbonyl (C=O) groups excluding carboxylic acids is 2. The summed E-state index contributed by atoms with van der Waals surface area (Å²) in [7, 11) is 1.58. The lowest BCUT2D eigenvalue weighted by atomic mass is 10.2. The van der Waals surface area contributed by atoms with E-state index >= 15 is 0 Å². The van der Waals surface area contributed by atoms with Crippen LogP contribution in [0.15, 0.2) is 24.3 Å². The second kappa shape index (κ2) is 7.08. The van der Waals surface area contributed by atoms with E-state index in [1.165, 1.54) is 0 Å². The van der Waals surface area contributed by atoms with Gasteiger partial charge < -0.3 is 20.7 Å². The minimum Gasteiger partial charge on any atom is -0.483 e. The second-order valence-electron chi connectivity index (χ2n) is 4.96. The molecule has 1 aliphatic rings. The highest BCUT2D eigenvalue weighted by Gasteiger charge is 2.33. The molecule has 1 atom stereocenters. The molecule has 2 amide bonds. The summed E-state index contributed by atoms with van der Waals surface area (Å²) in [6.45, 7) is 0.873. The maximum atomic E-state index is 12.2. The van der Waals surface area contributed by atoms with Gasteiger partial charge in [0, 0.05) is 25.7 Å². The van der Waals surface area contributed by atoms with Crippen LogP contribution in [0.1, 0.15) is 18.4 Å². The standard InChI is InChI=1S/C15H21N3O3/c1-17-15(20)12-6-4-8-18(12)14(19)10-21-13-7-3-2-5-11(13)9-16/h2-3,5,7,12H,4,6,8-10,16H2,1H3,(H,17,20). The highest BCUT2D eigenvalue weighted by atomic mass is 16.5. The van der Waals surface area contributed by atoms with Crippen molar-refractivity contribution < 1.29 is 14.3 Å². The summed E-state index contributed by atoms with van der Waals surface area (Å²) in [4.78, 5) is 25.6. The van der Waals surface area contributed by atoms with Crippen molar-refractivity contribution in [2.45, 2.75) is 25.4 Å². The van der Waals surface area contributed by atoms with Gasteiger partial charge in [-0.2, -0.15) is 0 Å². The summed E-state index contributed by atoms with van der Waals surface area (Å²) in [6, 6.07) is 6.98. The lowest BCUT2D eigenvalue weighted by Crippen LogP contribution is -2.46. The van der Waals surface area contributed by atoms with Gasteiger partial charge in [0.05, 0.1) is 0 Å². The molecule has 0 spiro atoms. The topological polar surface area (TPSA) is 84.7 Å². The molecule has 1 aliphatic heterocycles. The van der Waals surface area contributed by atoms with Gasteiger partial charge in [0.15, 0.2) is 6.61 Å². The SMILES string of the molecule is CNC(=O)C1CCCN1C(=O)COc1ccccc1CN. The van der Waals surface area contributed by atoms with Gasteiger partial charge in [0.25, 0.3) is 5.91 Å². The largest absolute Gasteiger partial charge is 0.483 e. The van der Waals surface area contributed by atoms with Crippen molar-refractivity contribution in [2.75, 3.05) is 20.2 Å². The number of nitrogens with zero attached hydrogens (tertiary/aromatic N) is 1. The van der Waals surface area contributed by atoms with E-state index in [4.69, 9.17) is 10.5 Å². The summed E-state index contributed by atoms with van der Waals surface area (Å²) in [6.07, 6.45) is 1.54. The van der Waals surface area contributed by atoms with E-state index in [0.717, 1.165) is 12.0 Å². The maximum Gasteiger partial charge on any atom is 0.261 e. The fraction of sp³-hybridized carbons (Fsp3) is 0.467. The average molecular weight is 291 g/mol. The summed E-state index contributed by atoms with van der Waals surface area (Å²) < 4.78 is 5.56. The number of hydrogen-bond acceptors (Lipinski definition) is 4. The molecule has 0 radical (unpaired) electrons. The minimum atomic E-state index is -0.379. The number of rotatable bonds is 5. The van der Waals surface area contributed by atoms with Crippen LogP contribution >= 0.6 is 0 Å². The van der Waals surface area contributed by atoms with Crippen LogP contribution in [-0.4, -0.2) is 43.0 Å². The zero-order valence-electron chi connectivity index (χ0n) is 12.2. The third kappa shape index (κ3) is 3.52. The first kappa shape index (κ1) is 15.3. The van der Waals surface area contributed by atoms with Crippen LogP contribution in [0.3, 0.4) is 0 Å². The van der Waals surface area contributed by atoms with Gasteiger partial charge in [0.2, 0.25) is 5.91 Å². The number of likely N-dealkylation sites (tertiary alicyclic amines) is 1. The van der Waals surface area contributed by atoms with E-state index in [2.05, 4.69) is 5.32 Å². The van der Waals surface area contributed by atoms with E-state index in [0.29, 0.717) is 25.3 Å². The Kier molecular flexibility index (Phi) is 5.16. The molecule has 0 saturated carbocycles. The summed E-state index contributed by atoms with van der Waals surface area (Å²) >= 11 is 0. The molecule has 0 aromatic heterocycles. The van der Waals surface area contributed by atoms with Gasteiger partial charge in [0.1, 0.15) is 11.8 Å². The first-order valence-corrected chi connectivity index (χ1v) is 7.09. The van der Waals surface area contributed by atoms with Crippen LogP contribution in [0.2, 0.25) is 0 Å². The van der Waals surface area contributed by atoms with Crippen molar-refractivity contribution in [1.82, 2.24) is 10.2 Å². The molecule has 1 aromatic rings. The van der Waals surface area contributed by atoms with Crippen LogP contribution in [0, 0.1) is 0 Å². The summed E-state index contributed by atoms with van der Waals surface area (Å²) in [5.41, 5.74) is 6.49. The van der Waals surface area contributed by atoms with Gasteiger partial charge in [-0.15, -0.1) is 0 Å². The number of para-hydroxylation sites is 1. The Morgan fingerprint density at radius 2 is 2.19 bits per heavy atom. The Morgan fingerprint density at radius 1 is 1.43 bits per heavy atom. The van der Waals surface area contributed by atoms with Crippen LogP contribution < -0.4 is 15.8 Å². The van der Waals surface area contributed by atoms with Crippen LogP contribution in [0.25, 0.3) is 0 Å². The summed E-state index contributed by atoms with van der Waals surface area (Å²) in [5, 5.41) is 2.59. The van der Waals surface area contributed by atoms with Gasteiger partial charge in [-0.1, -0.05) is 18.2 Å². The summed E-state index contributed by atoms with van der Waals surface area (Å²) in [5.74, 6) is 0.320. The number of benzene rings is 1. The number of carbonyl (C=O) groups is 2. The smallest absolute Gasteiger partial charge is 0.261 e. The van der Waals surface area contributed by atoms with Crippen molar-refractivity contribution in [2.24, 2.45) is 5.73 Å². The highest BCUT2D eigenvalue weighted by molar-refractivity contribution is 5.88. The van der Waals surface area contributed by atoms with Gasteiger partial charge in [-0.25, -0.2) is 0 Å². The number of amides is 2. The molecule has 1 saturated heterocycles. The lowest BCUT2D eigenvalue weighted by Gasteiger charge is -2.23.